The summed E-state index contributed by atoms with van der Waals surface area (Å²) in [5, 5.41) is 0. The molecule has 0 aromatic heterocycles. The monoisotopic (exact) mass is 136 g/mol. The van der Waals surface area contributed by atoms with E-state index in [0.717, 1.165) is 5.92 Å². The Morgan fingerprint density at radius 1 is 1.50 bits per heavy atom. The Hall–Kier alpha value is -0.520. The van der Waals surface area contributed by atoms with Crippen LogP contribution >= 0.6 is 0 Å². The molecule has 0 saturated heterocycles. The molecule has 0 nitrogen and oxygen atoms in total. The topological polar surface area (TPSA) is 0 Å². The minimum Gasteiger partial charge on any atom is -0.0839 e. The smallest absolute Gasteiger partial charge is 0.00259 e. The van der Waals surface area contributed by atoms with E-state index >= 15 is 0 Å². The number of rotatable bonds is 1. The predicted octanol–water partition coefficient (Wildman–Crippen LogP) is 3.31. The largest absolute Gasteiger partial charge is 0.0839 e. The summed E-state index contributed by atoms with van der Waals surface area (Å²) in [5.74, 6) is 0.730. The van der Waals surface area contributed by atoms with Crippen molar-refractivity contribution in [3.63, 3.8) is 0 Å². The van der Waals surface area contributed by atoms with E-state index in [1.165, 1.54) is 12.8 Å². The van der Waals surface area contributed by atoms with E-state index in [-0.39, 0.29) is 0 Å². The molecule has 0 amide bonds. The van der Waals surface area contributed by atoms with Crippen molar-refractivity contribution in [3.05, 3.63) is 23.3 Å². The summed E-state index contributed by atoms with van der Waals surface area (Å²) >= 11 is 0. The fourth-order valence-corrected chi connectivity index (χ4v) is 1.47. The van der Waals surface area contributed by atoms with Gasteiger partial charge in [-0.15, -0.1) is 0 Å². The van der Waals surface area contributed by atoms with Crippen molar-refractivity contribution in [2.45, 2.75) is 33.6 Å². The Bertz CT molecular complexity index is 172. The zero-order valence-electron chi connectivity index (χ0n) is 7.15. The number of allylic oxidation sites excluding steroid dienone is 4. The maximum atomic E-state index is 2.34. The zero-order valence-corrected chi connectivity index (χ0v) is 7.15. The van der Waals surface area contributed by atoms with E-state index < -0.39 is 0 Å². The Labute approximate surface area is 63.6 Å². The van der Waals surface area contributed by atoms with Crippen LogP contribution in [0.2, 0.25) is 0 Å². The van der Waals surface area contributed by atoms with Gasteiger partial charge in [0.25, 0.3) is 0 Å². The summed E-state index contributed by atoms with van der Waals surface area (Å²) < 4.78 is 0. The lowest BCUT2D eigenvalue weighted by atomic mass is 9.88. The van der Waals surface area contributed by atoms with Crippen LogP contribution in [0.15, 0.2) is 23.3 Å². The van der Waals surface area contributed by atoms with E-state index in [2.05, 4.69) is 32.9 Å². The molecule has 0 aromatic rings. The lowest BCUT2D eigenvalue weighted by Gasteiger charge is -2.18. The first-order valence-corrected chi connectivity index (χ1v) is 4.08. The zero-order chi connectivity index (χ0) is 7.56. The molecule has 0 N–H and O–H groups in total. The first-order valence-electron chi connectivity index (χ1n) is 4.08. The third-order valence-corrected chi connectivity index (χ3v) is 2.46. The van der Waals surface area contributed by atoms with Gasteiger partial charge in [0.2, 0.25) is 0 Å². The average molecular weight is 136 g/mol. The SMILES string of the molecule is CCC1C=CCC(C)=C1C. The highest BCUT2D eigenvalue weighted by Crippen LogP contribution is 2.25. The highest BCUT2D eigenvalue weighted by atomic mass is 14.1. The van der Waals surface area contributed by atoms with Crippen molar-refractivity contribution < 1.29 is 0 Å². The van der Waals surface area contributed by atoms with Crippen LogP contribution in [0.5, 0.6) is 0 Å². The van der Waals surface area contributed by atoms with Gasteiger partial charge in [0, 0.05) is 0 Å². The second-order valence-electron chi connectivity index (χ2n) is 3.11. The molecule has 0 bridgehead atoms. The number of hydrogen-bond acceptors (Lipinski definition) is 0. The molecule has 1 unspecified atom stereocenters. The van der Waals surface area contributed by atoms with Crippen molar-refractivity contribution in [2.75, 3.05) is 0 Å². The second-order valence-corrected chi connectivity index (χ2v) is 3.11. The van der Waals surface area contributed by atoms with Crippen molar-refractivity contribution >= 4 is 0 Å². The normalized spacial score (nSPS) is 25.7. The summed E-state index contributed by atoms with van der Waals surface area (Å²) in [6, 6.07) is 0. The molecule has 0 fully saturated rings. The minimum atomic E-state index is 0.730. The highest BCUT2D eigenvalue weighted by molar-refractivity contribution is 5.24. The summed E-state index contributed by atoms with van der Waals surface area (Å²) in [4.78, 5) is 0. The highest BCUT2D eigenvalue weighted by Gasteiger charge is 2.09. The van der Waals surface area contributed by atoms with E-state index in [1.54, 1.807) is 11.1 Å². The van der Waals surface area contributed by atoms with Crippen molar-refractivity contribution in [1.82, 2.24) is 0 Å². The van der Waals surface area contributed by atoms with E-state index in [4.69, 9.17) is 0 Å². The van der Waals surface area contributed by atoms with Gasteiger partial charge in [-0.3, -0.25) is 0 Å². The van der Waals surface area contributed by atoms with Crippen LogP contribution in [-0.2, 0) is 0 Å². The van der Waals surface area contributed by atoms with E-state index in [1.807, 2.05) is 0 Å². The third-order valence-electron chi connectivity index (χ3n) is 2.46. The van der Waals surface area contributed by atoms with Crippen LogP contribution in [0, 0.1) is 5.92 Å². The molecular weight excluding hydrogens is 120 g/mol. The van der Waals surface area contributed by atoms with Crippen LogP contribution < -0.4 is 0 Å². The van der Waals surface area contributed by atoms with Crippen LogP contribution in [-0.4, -0.2) is 0 Å². The summed E-state index contributed by atoms with van der Waals surface area (Å²) in [6.07, 6.45) is 7.04. The molecule has 0 radical (unpaired) electrons. The van der Waals surface area contributed by atoms with Crippen LogP contribution in [0.4, 0.5) is 0 Å². The third kappa shape index (κ3) is 1.31. The molecule has 10 heavy (non-hydrogen) atoms. The molecular formula is C10H16. The van der Waals surface area contributed by atoms with Gasteiger partial charge in [0.05, 0.1) is 0 Å². The fraction of sp³-hybridized carbons (Fsp3) is 0.600. The van der Waals surface area contributed by atoms with Gasteiger partial charge < -0.3 is 0 Å². The summed E-state index contributed by atoms with van der Waals surface area (Å²) in [5.41, 5.74) is 3.15. The standard InChI is InChI=1S/C10H16/c1-4-10-7-5-6-8(2)9(10)3/h5,7,10H,4,6H2,1-3H3. The molecule has 0 heteroatoms. The summed E-state index contributed by atoms with van der Waals surface area (Å²) in [6.45, 7) is 6.74. The lowest BCUT2D eigenvalue weighted by molar-refractivity contribution is 0.699. The Morgan fingerprint density at radius 2 is 2.20 bits per heavy atom. The van der Waals surface area contributed by atoms with E-state index in [0.29, 0.717) is 0 Å². The van der Waals surface area contributed by atoms with Gasteiger partial charge in [-0.2, -0.15) is 0 Å². The molecule has 0 aliphatic heterocycles. The van der Waals surface area contributed by atoms with Crippen molar-refractivity contribution in [2.24, 2.45) is 5.92 Å². The van der Waals surface area contributed by atoms with Gasteiger partial charge in [0.15, 0.2) is 0 Å². The molecule has 0 saturated carbocycles. The van der Waals surface area contributed by atoms with Crippen molar-refractivity contribution in [3.8, 4) is 0 Å². The lowest BCUT2D eigenvalue weighted by Crippen LogP contribution is -2.02. The van der Waals surface area contributed by atoms with Gasteiger partial charge >= 0.3 is 0 Å². The Balaban J connectivity index is 2.75. The average Bonchev–Trinajstić information content (AvgIpc) is 1.95. The van der Waals surface area contributed by atoms with Crippen molar-refractivity contribution in [1.29, 1.82) is 0 Å². The Morgan fingerprint density at radius 3 is 2.70 bits per heavy atom. The fourth-order valence-electron chi connectivity index (χ4n) is 1.47. The minimum absolute atomic E-state index is 0.730. The van der Waals surface area contributed by atoms with Crippen LogP contribution in [0.3, 0.4) is 0 Å². The molecule has 1 aliphatic rings. The van der Waals surface area contributed by atoms with E-state index in [9.17, 15) is 0 Å². The maximum Gasteiger partial charge on any atom is -0.00259 e. The first-order chi connectivity index (χ1) is 4.75. The molecule has 1 atom stereocenters. The van der Waals surface area contributed by atoms with Gasteiger partial charge in [-0.1, -0.05) is 30.2 Å². The molecule has 0 spiro atoms. The van der Waals surface area contributed by atoms with Gasteiger partial charge in [0.1, 0.15) is 0 Å². The first kappa shape index (κ1) is 7.59. The molecule has 56 valence electrons. The quantitative estimate of drug-likeness (QED) is 0.485. The van der Waals surface area contributed by atoms with Gasteiger partial charge in [-0.05, 0) is 32.6 Å². The molecule has 1 aliphatic carbocycles. The maximum absolute atomic E-state index is 2.34. The van der Waals surface area contributed by atoms with Crippen LogP contribution in [0.25, 0.3) is 0 Å². The van der Waals surface area contributed by atoms with Crippen LogP contribution in [0.1, 0.15) is 33.6 Å². The predicted molar refractivity (Wildman–Crippen MR) is 45.9 cm³/mol. The molecule has 0 heterocycles. The second kappa shape index (κ2) is 3.05. The van der Waals surface area contributed by atoms with Gasteiger partial charge in [-0.25, -0.2) is 0 Å². The summed E-state index contributed by atoms with van der Waals surface area (Å²) in [7, 11) is 0. The number of hydrogen-bond donors (Lipinski definition) is 0. The molecule has 0 aromatic carbocycles. The Kier molecular flexibility index (Phi) is 2.31. The molecule has 1 rings (SSSR count).